The summed E-state index contributed by atoms with van der Waals surface area (Å²) in [4.78, 5) is 0. The molecule has 0 spiro atoms. The van der Waals surface area contributed by atoms with Crippen LogP contribution in [-0.4, -0.2) is 20.9 Å². The van der Waals surface area contributed by atoms with Crippen LogP contribution in [0.15, 0.2) is 30.3 Å². The van der Waals surface area contributed by atoms with E-state index in [1.807, 2.05) is 46.8 Å². The van der Waals surface area contributed by atoms with E-state index in [1.54, 1.807) is 18.2 Å². The van der Waals surface area contributed by atoms with Crippen LogP contribution in [0.2, 0.25) is 0 Å². The SMILES string of the molecule is CCC1(C)Oc2cc(O)c(C(C)(C)C)c(O)c2C1c1ccc(O)cc1. The first-order valence-corrected chi connectivity index (χ1v) is 8.65. The highest BCUT2D eigenvalue weighted by Crippen LogP contribution is 2.57. The molecule has 2 atom stereocenters. The lowest BCUT2D eigenvalue weighted by molar-refractivity contribution is 0.0954. The van der Waals surface area contributed by atoms with Gasteiger partial charge in [-0.2, -0.15) is 0 Å². The van der Waals surface area contributed by atoms with Crippen molar-refractivity contribution in [3.8, 4) is 23.0 Å². The third-order valence-corrected chi connectivity index (χ3v) is 5.20. The van der Waals surface area contributed by atoms with Gasteiger partial charge in [0.1, 0.15) is 28.6 Å². The Morgan fingerprint density at radius 2 is 1.68 bits per heavy atom. The van der Waals surface area contributed by atoms with Gasteiger partial charge in [-0.1, -0.05) is 39.8 Å². The van der Waals surface area contributed by atoms with Crippen molar-refractivity contribution in [3.05, 3.63) is 47.0 Å². The Kier molecular flexibility index (Phi) is 3.90. The summed E-state index contributed by atoms with van der Waals surface area (Å²) in [6.45, 7) is 9.92. The second-order valence-corrected chi connectivity index (χ2v) is 8.07. The van der Waals surface area contributed by atoms with Gasteiger partial charge in [-0.25, -0.2) is 0 Å². The van der Waals surface area contributed by atoms with E-state index in [4.69, 9.17) is 4.74 Å². The van der Waals surface area contributed by atoms with E-state index < -0.39 is 11.0 Å². The molecule has 0 fully saturated rings. The number of phenolic OH excluding ortho intramolecular Hbond substituents is 3. The molecule has 25 heavy (non-hydrogen) atoms. The molecule has 0 amide bonds. The second kappa shape index (κ2) is 5.58. The summed E-state index contributed by atoms with van der Waals surface area (Å²) in [5, 5.41) is 31.1. The van der Waals surface area contributed by atoms with Gasteiger partial charge in [0.25, 0.3) is 0 Å². The molecule has 0 saturated carbocycles. The number of hydrogen-bond acceptors (Lipinski definition) is 4. The van der Waals surface area contributed by atoms with Gasteiger partial charge in [-0.3, -0.25) is 0 Å². The number of fused-ring (bicyclic) bond motifs is 1. The molecule has 0 radical (unpaired) electrons. The van der Waals surface area contributed by atoms with Crippen molar-refractivity contribution in [2.75, 3.05) is 0 Å². The molecule has 1 aliphatic rings. The average Bonchev–Trinajstić information content (AvgIpc) is 2.80. The Morgan fingerprint density at radius 1 is 1.08 bits per heavy atom. The molecule has 0 aromatic heterocycles. The highest BCUT2D eigenvalue weighted by Gasteiger charge is 2.47. The quantitative estimate of drug-likeness (QED) is 0.733. The highest BCUT2D eigenvalue weighted by molar-refractivity contribution is 5.64. The summed E-state index contributed by atoms with van der Waals surface area (Å²) in [6, 6.07) is 8.62. The Morgan fingerprint density at radius 3 is 2.20 bits per heavy atom. The molecule has 4 heteroatoms. The van der Waals surface area contributed by atoms with Crippen molar-refractivity contribution in [1.82, 2.24) is 0 Å². The lowest BCUT2D eigenvalue weighted by Gasteiger charge is -2.30. The maximum Gasteiger partial charge on any atom is 0.131 e. The molecule has 2 aromatic carbocycles. The summed E-state index contributed by atoms with van der Waals surface area (Å²) in [5.74, 6) is 0.679. The Labute approximate surface area is 148 Å². The Hall–Kier alpha value is -2.36. The molecule has 0 aliphatic carbocycles. The molecule has 3 rings (SSSR count). The van der Waals surface area contributed by atoms with Crippen LogP contribution in [0.3, 0.4) is 0 Å². The maximum absolute atomic E-state index is 11.1. The van der Waals surface area contributed by atoms with Gasteiger partial charge in [-0.05, 0) is 36.5 Å². The van der Waals surface area contributed by atoms with E-state index in [-0.39, 0.29) is 23.2 Å². The van der Waals surface area contributed by atoms with Crippen LogP contribution < -0.4 is 4.74 Å². The molecule has 0 saturated heterocycles. The van der Waals surface area contributed by atoms with Crippen molar-refractivity contribution in [3.63, 3.8) is 0 Å². The minimum atomic E-state index is -0.542. The zero-order valence-corrected chi connectivity index (χ0v) is 15.4. The fourth-order valence-corrected chi connectivity index (χ4v) is 3.83. The molecular weight excluding hydrogens is 316 g/mol. The molecule has 4 nitrogen and oxygen atoms in total. The normalized spacial score (nSPS) is 22.5. The van der Waals surface area contributed by atoms with Gasteiger partial charge in [0, 0.05) is 17.2 Å². The first-order valence-electron chi connectivity index (χ1n) is 8.65. The zero-order valence-electron chi connectivity index (χ0n) is 15.4. The summed E-state index contributed by atoms with van der Waals surface area (Å²) in [6.07, 6.45) is 0.734. The van der Waals surface area contributed by atoms with Gasteiger partial charge in [0.05, 0.1) is 5.92 Å². The topological polar surface area (TPSA) is 69.9 Å². The van der Waals surface area contributed by atoms with E-state index in [9.17, 15) is 15.3 Å². The van der Waals surface area contributed by atoms with Gasteiger partial charge in [-0.15, -0.1) is 0 Å². The minimum Gasteiger partial charge on any atom is -0.508 e. The van der Waals surface area contributed by atoms with Crippen molar-refractivity contribution < 1.29 is 20.1 Å². The summed E-state index contributed by atoms with van der Waals surface area (Å²) < 4.78 is 6.19. The van der Waals surface area contributed by atoms with Crippen molar-refractivity contribution in [1.29, 1.82) is 0 Å². The third-order valence-electron chi connectivity index (χ3n) is 5.20. The Bertz CT molecular complexity index is 802. The lowest BCUT2D eigenvalue weighted by Crippen LogP contribution is -2.34. The second-order valence-electron chi connectivity index (χ2n) is 8.07. The summed E-state index contributed by atoms with van der Waals surface area (Å²) in [7, 11) is 0. The standard InChI is InChI=1S/C21H26O4/c1-6-21(5)17(12-7-9-13(22)10-8-12)16-15(25-21)11-14(23)18(19(16)24)20(2,3)4/h7-11,17,22-24H,6H2,1-5H3. The van der Waals surface area contributed by atoms with Crippen LogP contribution in [0, 0.1) is 0 Å². The number of benzene rings is 2. The molecule has 0 bridgehead atoms. The van der Waals surface area contributed by atoms with Crippen LogP contribution in [-0.2, 0) is 5.41 Å². The molecular formula is C21H26O4. The lowest BCUT2D eigenvalue weighted by atomic mass is 9.76. The minimum absolute atomic E-state index is 0.0496. The summed E-state index contributed by atoms with van der Waals surface area (Å²) >= 11 is 0. The van der Waals surface area contributed by atoms with Crippen LogP contribution in [0.25, 0.3) is 0 Å². The number of ether oxygens (including phenoxy) is 1. The fraction of sp³-hybridized carbons (Fsp3) is 0.429. The van der Waals surface area contributed by atoms with E-state index in [0.717, 1.165) is 12.0 Å². The van der Waals surface area contributed by atoms with Crippen LogP contribution in [0.1, 0.15) is 63.6 Å². The molecule has 3 N–H and O–H groups in total. The van der Waals surface area contributed by atoms with Crippen molar-refractivity contribution in [2.45, 2.75) is 58.0 Å². The maximum atomic E-state index is 11.1. The van der Waals surface area contributed by atoms with E-state index in [1.165, 1.54) is 0 Å². The van der Waals surface area contributed by atoms with Crippen LogP contribution in [0.5, 0.6) is 23.0 Å². The highest BCUT2D eigenvalue weighted by atomic mass is 16.5. The first kappa shape index (κ1) is 17.5. The predicted octanol–water partition coefficient (Wildman–Crippen LogP) is 4.79. The number of rotatable bonds is 2. The van der Waals surface area contributed by atoms with E-state index >= 15 is 0 Å². The smallest absolute Gasteiger partial charge is 0.131 e. The number of phenols is 3. The number of aromatic hydroxyl groups is 3. The van der Waals surface area contributed by atoms with Gasteiger partial charge in [0.15, 0.2) is 0 Å². The molecule has 2 unspecified atom stereocenters. The van der Waals surface area contributed by atoms with Crippen molar-refractivity contribution >= 4 is 0 Å². The molecule has 134 valence electrons. The number of hydrogen-bond donors (Lipinski definition) is 3. The monoisotopic (exact) mass is 342 g/mol. The molecule has 2 aromatic rings. The summed E-state index contributed by atoms with van der Waals surface area (Å²) in [5.41, 5.74) is 1.24. The van der Waals surface area contributed by atoms with Gasteiger partial charge in [0.2, 0.25) is 0 Å². The molecule has 1 aliphatic heterocycles. The predicted molar refractivity (Wildman–Crippen MR) is 97.7 cm³/mol. The average molecular weight is 342 g/mol. The van der Waals surface area contributed by atoms with E-state index in [0.29, 0.717) is 16.9 Å². The first-order chi connectivity index (χ1) is 11.6. The Balaban J connectivity index is 2.28. The van der Waals surface area contributed by atoms with E-state index in [2.05, 4.69) is 0 Å². The van der Waals surface area contributed by atoms with Crippen molar-refractivity contribution in [2.24, 2.45) is 0 Å². The third kappa shape index (κ3) is 2.70. The fourth-order valence-electron chi connectivity index (χ4n) is 3.83. The van der Waals surface area contributed by atoms with Gasteiger partial charge >= 0.3 is 0 Å². The van der Waals surface area contributed by atoms with Crippen LogP contribution >= 0.6 is 0 Å². The molecule has 1 heterocycles. The van der Waals surface area contributed by atoms with Gasteiger partial charge < -0.3 is 20.1 Å². The largest absolute Gasteiger partial charge is 0.508 e. The zero-order chi connectivity index (χ0) is 18.6. The van der Waals surface area contributed by atoms with Crippen LogP contribution in [0.4, 0.5) is 0 Å².